The Kier molecular flexibility index (Phi) is 5.64. The summed E-state index contributed by atoms with van der Waals surface area (Å²) in [6.07, 6.45) is 8.47. The van der Waals surface area contributed by atoms with Crippen LogP contribution < -0.4 is 0 Å². The van der Waals surface area contributed by atoms with Gasteiger partial charge in [0.05, 0.1) is 5.41 Å². The quantitative estimate of drug-likeness (QED) is 0.565. The molecule has 5 nitrogen and oxygen atoms in total. The van der Waals surface area contributed by atoms with Crippen molar-refractivity contribution < 1.29 is 14.7 Å². The zero-order valence-electron chi connectivity index (χ0n) is 19.8. The highest BCUT2D eigenvalue weighted by atomic mass is 16.4. The van der Waals surface area contributed by atoms with Gasteiger partial charge in [0, 0.05) is 41.7 Å². The number of carboxylic acids is 1. The SMILES string of the molecule is CCC1(C(=O)N2CCc3c(c4ccc(C)cc4n3CC(=O)O)C2)C=CC(c2ccccc2)=CC1. The van der Waals surface area contributed by atoms with Gasteiger partial charge >= 0.3 is 5.97 Å². The number of fused-ring (bicyclic) bond motifs is 3. The molecule has 0 saturated carbocycles. The van der Waals surface area contributed by atoms with Crippen molar-refractivity contribution in [2.24, 2.45) is 5.41 Å². The van der Waals surface area contributed by atoms with Gasteiger partial charge in [-0.1, -0.05) is 67.6 Å². The standard InChI is InChI=1S/C29H30N2O3/c1-3-29(14-11-22(12-15-29)21-7-5-4-6-8-21)28(34)30-16-13-25-24(18-30)23-10-9-20(2)17-26(23)31(25)19-27(32)33/h4-12,14,17H,3,13,15-16,18-19H2,1-2H3,(H,32,33). The van der Waals surface area contributed by atoms with Gasteiger partial charge in [0.2, 0.25) is 5.91 Å². The number of aryl methyl sites for hydroxylation is 1. The molecule has 5 rings (SSSR count). The number of benzene rings is 2. The molecule has 1 N–H and O–H groups in total. The third kappa shape index (κ3) is 3.75. The Morgan fingerprint density at radius 3 is 2.59 bits per heavy atom. The molecule has 3 aromatic rings. The lowest BCUT2D eigenvalue weighted by molar-refractivity contribution is -0.141. The molecular formula is C29H30N2O3. The molecule has 5 heteroatoms. The van der Waals surface area contributed by atoms with Gasteiger partial charge in [-0.15, -0.1) is 0 Å². The van der Waals surface area contributed by atoms with Crippen molar-refractivity contribution in [3.63, 3.8) is 0 Å². The van der Waals surface area contributed by atoms with E-state index in [-0.39, 0.29) is 12.5 Å². The highest BCUT2D eigenvalue weighted by Gasteiger charge is 2.39. The lowest BCUT2D eigenvalue weighted by Crippen LogP contribution is -2.45. The van der Waals surface area contributed by atoms with Crippen LogP contribution in [0.1, 0.15) is 42.1 Å². The highest BCUT2D eigenvalue weighted by molar-refractivity contribution is 5.91. The van der Waals surface area contributed by atoms with Crippen LogP contribution in [0.15, 0.2) is 66.8 Å². The summed E-state index contributed by atoms with van der Waals surface area (Å²) in [4.78, 5) is 27.4. The van der Waals surface area contributed by atoms with E-state index in [1.807, 2.05) is 34.6 Å². The molecule has 1 unspecified atom stereocenters. The summed E-state index contributed by atoms with van der Waals surface area (Å²) in [6.45, 7) is 5.17. The van der Waals surface area contributed by atoms with Crippen LogP contribution in [0.25, 0.3) is 16.5 Å². The number of carbonyl (C=O) groups is 2. The summed E-state index contributed by atoms with van der Waals surface area (Å²) in [7, 11) is 0. The lowest BCUT2D eigenvalue weighted by Gasteiger charge is -2.38. The maximum atomic E-state index is 13.9. The van der Waals surface area contributed by atoms with E-state index in [0.717, 1.165) is 39.7 Å². The van der Waals surface area contributed by atoms with Crippen LogP contribution >= 0.6 is 0 Å². The van der Waals surface area contributed by atoms with Gasteiger partial charge in [0.15, 0.2) is 0 Å². The fourth-order valence-electron chi connectivity index (χ4n) is 5.46. The van der Waals surface area contributed by atoms with Gasteiger partial charge in [0.1, 0.15) is 6.54 Å². The van der Waals surface area contributed by atoms with Crippen LogP contribution in [-0.2, 0) is 29.1 Å². The number of aliphatic carboxylic acids is 1. The van der Waals surface area contributed by atoms with E-state index >= 15 is 0 Å². The van der Waals surface area contributed by atoms with Gasteiger partial charge in [0.25, 0.3) is 0 Å². The number of carboxylic acid groups (broad SMARTS) is 1. The summed E-state index contributed by atoms with van der Waals surface area (Å²) < 4.78 is 1.92. The molecule has 1 atom stereocenters. The minimum atomic E-state index is -0.849. The predicted octanol–water partition coefficient (Wildman–Crippen LogP) is 5.36. The zero-order chi connectivity index (χ0) is 23.9. The van der Waals surface area contributed by atoms with E-state index in [1.54, 1.807) is 0 Å². The van der Waals surface area contributed by atoms with Gasteiger partial charge in [-0.05, 0) is 42.5 Å². The Morgan fingerprint density at radius 2 is 1.91 bits per heavy atom. The fraction of sp³-hybridized carbons (Fsp3) is 0.310. The van der Waals surface area contributed by atoms with Crippen LogP contribution in [0.3, 0.4) is 0 Å². The Morgan fingerprint density at radius 1 is 1.12 bits per heavy atom. The van der Waals surface area contributed by atoms with Crippen molar-refractivity contribution in [3.05, 3.63) is 89.1 Å². The van der Waals surface area contributed by atoms with Crippen LogP contribution in [0.5, 0.6) is 0 Å². The van der Waals surface area contributed by atoms with Gasteiger partial charge < -0.3 is 14.6 Å². The Hall–Kier alpha value is -3.60. The minimum absolute atomic E-state index is 0.0576. The van der Waals surface area contributed by atoms with Crippen LogP contribution in [0.4, 0.5) is 0 Å². The highest BCUT2D eigenvalue weighted by Crippen LogP contribution is 2.40. The lowest BCUT2D eigenvalue weighted by atomic mass is 9.75. The number of hydrogen-bond acceptors (Lipinski definition) is 2. The molecule has 174 valence electrons. The zero-order valence-corrected chi connectivity index (χ0v) is 19.8. The van der Waals surface area contributed by atoms with Crippen molar-refractivity contribution in [1.82, 2.24) is 9.47 Å². The topological polar surface area (TPSA) is 62.5 Å². The van der Waals surface area contributed by atoms with E-state index < -0.39 is 11.4 Å². The van der Waals surface area contributed by atoms with Crippen LogP contribution in [0.2, 0.25) is 0 Å². The van der Waals surface area contributed by atoms with E-state index in [4.69, 9.17) is 0 Å². The van der Waals surface area contributed by atoms with Gasteiger partial charge in [-0.2, -0.15) is 0 Å². The molecule has 0 bridgehead atoms. The molecule has 0 saturated heterocycles. The van der Waals surface area contributed by atoms with E-state index in [2.05, 4.69) is 55.5 Å². The predicted molar refractivity (Wildman–Crippen MR) is 134 cm³/mol. The Labute approximate surface area is 200 Å². The molecule has 2 heterocycles. The smallest absolute Gasteiger partial charge is 0.323 e. The molecule has 1 aromatic heterocycles. The molecule has 0 radical (unpaired) electrons. The van der Waals surface area contributed by atoms with Crippen molar-refractivity contribution in [1.29, 1.82) is 0 Å². The molecule has 2 aliphatic rings. The fourth-order valence-corrected chi connectivity index (χ4v) is 5.46. The molecular weight excluding hydrogens is 424 g/mol. The number of nitrogens with zero attached hydrogens (tertiary/aromatic N) is 2. The van der Waals surface area contributed by atoms with Crippen molar-refractivity contribution in [2.45, 2.75) is 46.2 Å². The van der Waals surface area contributed by atoms with E-state index in [9.17, 15) is 14.7 Å². The van der Waals surface area contributed by atoms with Gasteiger partial charge in [-0.3, -0.25) is 9.59 Å². The van der Waals surface area contributed by atoms with E-state index in [0.29, 0.717) is 25.9 Å². The molecule has 1 aliphatic heterocycles. The van der Waals surface area contributed by atoms with Crippen LogP contribution in [-0.4, -0.2) is 33.0 Å². The third-order valence-electron chi connectivity index (χ3n) is 7.42. The Balaban J connectivity index is 1.44. The van der Waals surface area contributed by atoms with Crippen molar-refractivity contribution in [3.8, 4) is 0 Å². The number of hydrogen-bond donors (Lipinski definition) is 1. The first-order valence-corrected chi connectivity index (χ1v) is 12.0. The van der Waals surface area contributed by atoms with Crippen LogP contribution in [0, 0.1) is 12.3 Å². The average molecular weight is 455 g/mol. The first-order valence-electron chi connectivity index (χ1n) is 12.0. The number of carbonyl (C=O) groups excluding carboxylic acids is 1. The maximum Gasteiger partial charge on any atom is 0.323 e. The summed E-state index contributed by atoms with van der Waals surface area (Å²) in [5.41, 5.74) is 5.96. The summed E-state index contributed by atoms with van der Waals surface area (Å²) in [6, 6.07) is 16.4. The number of amides is 1. The number of rotatable bonds is 5. The molecule has 34 heavy (non-hydrogen) atoms. The number of allylic oxidation sites excluding steroid dienone is 3. The second-order valence-corrected chi connectivity index (χ2v) is 9.48. The number of aromatic nitrogens is 1. The first-order chi connectivity index (χ1) is 16.4. The molecule has 0 fully saturated rings. The molecule has 1 amide bonds. The van der Waals surface area contributed by atoms with Crippen molar-refractivity contribution >= 4 is 28.4 Å². The second kappa shape index (κ2) is 8.64. The largest absolute Gasteiger partial charge is 0.480 e. The van der Waals surface area contributed by atoms with Crippen molar-refractivity contribution in [2.75, 3.05) is 6.54 Å². The first kappa shape index (κ1) is 22.2. The summed E-state index contributed by atoms with van der Waals surface area (Å²) in [5, 5.41) is 10.5. The normalized spacial score (nSPS) is 19.7. The van der Waals surface area contributed by atoms with Gasteiger partial charge in [-0.25, -0.2) is 0 Å². The summed E-state index contributed by atoms with van der Waals surface area (Å²) in [5.74, 6) is -0.690. The minimum Gasteiger partial charge on any atom is -0.480 e. The molecule has 1 aliphatic carbocycles. The Bertz CT molecular complexity index is 1330. The second-order valence-electron chi connectivity index (χ2n) is 9.48. The third-order valence-corrected chi connectivity index (χ3v) is 7.42. The van der Waals surface area contributed by atoms with E-state index in [1.165, 1.54) is 5.56 Å². The molecule has 2 aromatic carbocycles. The maximum absolute atomic E-state index is 13.9. The monoisotopic (exact) mass is 454 g/mol. The summed E-state index contributed by atoms with van der Waals surface area (Å²) >= 11 is 0. The average Bonchev–Trinajstić information content (AvgIpc) is 3.15. The molecule has 0 spiro atoms.